The lowest BCUT2D eigenvalue weighted by molar-refractivity contribution is 0.475. The van der Waals surface area contributed by atoms with Crippen molar-refractivity contribution in [3.05, 3.63) is 47.8 Å². The Morgan fingerprint density at radius 3 is 2.63 bits per heavy atom. The third kappa shape index (κ3) is 4.41. The molecule has 0 fully saturated rings. The van der Waals surface area contributed by atoms with Crippen LogP contribution >= 0.6 is 0 Å². The molecule has 0 saturated heterocycles. The van der Waals surface area contributed by atoms with Crippen LogP contribution in [0.25, 0.3) is 0 Å². The highest BCUT2D eigenvalue weighted by atomic mass is 16.3. The SMILES string of the molecule is CC(C)CNCc1cnn(Cc2ccc(O)cc2)c1. The summed E-state index contributed by atoms with van der Waals surface area (Å²) < 4.78 is 1.92. The minimum atomic E-state index is 0.294. The van der Waals surface area contributed by atoms with Crippen LogP contribution in [0.15, 0.2) is 36.7 Å². The lowest BCUT2D eigenvalue weighted by atomic mass is 10.2. The Balaban J connectivity index is 1.88. The van der Waals surface area contributed by atoms with Gasteiger partial charge in [-0.15, -0.1) is 0 Å². The second-order valence-electron chi connectivity index (χ2n) is 5.24. The Labute approximate surface area is 114 Å². The van der Waals surface area contributed by atoms with E-state index in [2.05, 4.69) is 30.5 Å². The number of nitrogens with one attached hydrogen (secondary N) is 1. The zero-order valence-electron chi connectivity index (χ0n) is 11.5. The Kier molecular flexibility index (Phi) is 4.58. The zero-order chi connectivity index (χ0) is 13.7. The van der Waals surface area contributed by atoms with Gasteiger partial charge in [-0.25, -0.2) is 0 Å². The van der Waals surface area contributed by atoms with E-state index < -0.39 is 0 Å². The van der Waals surface area contributed by atoms with Crippen molar-refractivity contribution < 1.29 is 5.11 Å². The molecule has 1 heterocycles. The molecule has 0 bridgehead atoms. The maximum atomic E-state index is 9.24. The van der Waals surface area contributed by atoms with Gasteiger partial charge in [-0.05, 0) is 30.2 Å². The van der Waals surface area contributed by atoms with Crippen molar-refractivity contribution in [3.8, 4) is 5.75 Å². The highest BCUT2D eigenvalue weighted by Gasteiger charge is 2.01. The number of rotatable bonds is 6. The van der Waals surface area contributed by atoms with Crippen LogP contribution < -0.4 is 5.32 Å². The predicted molar refractivity (Wildman–Crippen MR) is 76.0 cm³/mol. The number of aromatic nitrogens is 2. The molecule has 102 valence electrons. The second-order valence-corrected chi connectivity index (χ2v) is 5.24. The summed E-state index contributed by atoms with van der Waals surface area (Å²) >= 11 is 0. The predicted octanol–water partition coefficient (Wildman–Crippen LogP) is 2.38. The first kappa shape index (κ1) is 13.6. The number of benzene rings is 1. The van der Waals surface area contributed by atoms with Crippen LogP contribution in [0.4, 0.5) is 0 Å². The molecular formula is C15H21N3O. The van der Waals surface area contributed by atoms with Crippen LogP contribution in [-0.4, -0.2) is 21.4 Å². The van der Waals surface area contributed by atoms with Crippen molar-refractivity contribution >= 4 is 0 Å². The molecule has 2 N–H and O–H groups in total. The lowest BCUT2D eigenvalue weighted by Gasteiger charge is -2.05. The van der Waals surface area contributed by atoms with Gasteiger partial charge in [-0.3, -0.25) is 4.68 Å². The van der Waals surface area contributed by atoms with Crippen LogP contribution in [0.2, 0.25) is 0 Å². The van der Waals surface area contributed by atoms with Gasteiger partial charge in [0.1, 0.15) is 5.75 Å². The molecule has 2 rings (SSSR count). The van der Waals surface area contributed by atoms with Gasteiger partial charge < -0.3 is 10.4 Å². The molecule has 0 unspecified atom stereocenters. The van der Waals surface area contributed by atoms with Crippen molar-refractivity contribution in [2.45, 2.75) is 26.9 Å². The molecule has 1 aromatic carbocycles. The smallest absolute Gasteiger partial charge is 0.115 e. The summed E-state index contributed by atoms with van der Waals surface area (Å²) in [4.78, 5) is 0. The maximum Gasteiger partial charge on any atom is 0.115 e. The van der Waals surface area contributed by atoms with Gasteiger partial charge in [0.15, 0.2) is 0 Å². The minimum absolute atomic E-state index is 0.294. The first-order chi connectivity index (χ1) is 9.13. The summed E-state index contributed by atoms with van der Waals surface area (Å²) in [5, 5.41) is 17.0. The molecule has 0 radical (unpaired) electrons. The van der Waals surface area contributed by atoms with Gasteiger partial charge in [0.2, 0.25) is 0 Å². The molecule has 2 aromatic rings. The number of hydrogen-bond acceptors (Lipinski definition) is 3. The van der Waals surface area contributed by atoms with Gasteiger partial charge in [-0.2, -0.15) is 5.10 Å². The first-order valence-corrected chi connectivity index (χ1v) is 6.63. The van der Waals surface area contributed by atoms with Gasteiger partial charge in [0, 0.05) is 18.3 Å². The average Bonchev–Trinajstić information content (AvgIpc) is 2.79. The van der Waals surface area contributed by atoms with E-state index in [0.717, 1.165) is 25.2 Å². The molecule has 4 nitrogen and oxygen atoms in total. The standard InChI is InChI=1S/C15H21N3O/c1-12(2)7-16-8-14-9-17-18(11-14)10-13-3-5-15(19)6-4-13/h3-6,9,11-12,16,19H,7-8,10H2,1-2H3. The summed E-state index contributed by atoms with van der Waals surface area (Å²) in [5.74, 6) is 0.954. The highest BCUT2D eigenvalue weighted by molar-refractivity contribution is 5.26. The highest BCUT2D eigenvalue weighted by Crippen LogP contribution is 2.11. The Bertz CT molecular complexity index is 502. The number of phenolic OH excluding ortho intramolecular Hbond substituents is 1. The van der Waals surface area contributed by atoms with Gasteiger partial charge >= 0.3 is 0 Å². The summed E-state index contributed by atoms with van der Waals surface area (Å²) in [6, 6.07) is 7.22. The fourth-order valence-electron chi connectivity index (χ4n) is 1.88. The zero-order valence-corrected chi connectivity index (χ0v) is 11.5. The third-order valence-electron chi connectivity index (χ3n) is 2.85. The molecule has 0 aliphatic rings. The Hall–Kier alpha value is -1.81. The van der Waals surface area contributed by atoms with Crippen LogP contribution in [-0.2, 0) is 13.1 Å². The van der Waals surface area contributed by atoms with Crippen LogP contribution in [0.1, 0.15) is 25.0 Å². The molecule has 0 aliphatic carbocycles. The van der Waals surface area contributed by atoms with E-state index in [1.54, 1.807) is 12.1 Å². The molecule has 0 saturated carbocycles. The van der Waals surface area contributed by atoms with Crippen LogP contribution in [0, 0.1) is 5.92 Å². The topological polar surface area (TPSA) is 50.1 Å². The fourth-order valence-corrected chi connectivity index (χ4v) is 1.88. The number of phenols is 1. The van der Waals surface area contributed by atoms with Crippen LogP contribution in [0.3, 0.4) is 0 Å². The van der Waals surface area contributed by atoms with E-state index in [1.807, 2.05) is 23.0 Å². The Morgan fingerprint density at radius 1 is 1.21 bits per heavy atom. The quantitative estimate of drug-likeness (QED) is 0.837. The number of aromatic hydroxyl groups is 1. The molecule has 0 aliphatic heterocycles. The first-order valence-electron chi connectivity index (χ1n) is 6.63. The summed E-state index contributed by atoms with van der Waals surface area (Å²) in [6.07, 6.45) is 3.95. The molecular weight excluding hydrogens is 238 g/mol. The van der Waals surface area contributed by atoms with E-state index in [-0.39, 0.29) is 0 Å². The van der Waals surface area contributed by atoms with Gasteiger partial charge in [0.25, 0.3) is 0 Å². The van der Waals surface area contributed by atoms with Crippen molar-refractivity contribution in [2.24, 2.45) is 5.92 Å². The number of hydrogen-bond donors (Lipinski definition) is 2. The van der Waals surface area contributed by atoms with Crippen molar-refractivity contribution in [1.82, 2.24) is 15.1 Å². The third-order valence-corrected chi connectivity index (χ3v) is 2.85. The largest absolute Gasteiger partial charge is 0.508 e. The van der Waals surface area contributed by atoms with E-state index in [0.29, 0.717) is 11.7 Å². The Morgan fingerprint density at radius 2 is 1.95 bits per heavy atom. The second kappa shape index (κ2) is 6.38. The maximum absolute atomic E-state index is 9.24. The van der Waals surface area contributed by atoms with E-state index in [1.165, 1.54) is 5.56 Å². The monoisotopic (exact) mass is 259 g/mol. The van der Waals surface area contributed by atoms with Crippen molar-refractivity contribution in [1.29, 1.82) is 0 Å². The van der Waals surface area contributed by atoms with E-state index >= 15 is 0 Å². The fraction of sp³-hybridized carbons (Fsp3) is 0.400. The molecule has 19 heavy (non-hydrogen) atoms. The molecule has 0 atom stereocenters. The van der Waals surface area contributed by atoms with Crippen molar-refractivity contribution in [2.75, 3.05) is 6.54 Å². The molecule has 1 aromatic heterocycles. The minimum Gasteiger partial charge on any atom is -0.508 e. The van der Waals surface area contributed by atoms with Crippen molar-refractivity contribution in [3.63, 3.8) is 0 Å². The normalized spacial score (nSPS) is 11.1. The summed E-state index contributed by atoms with van der Waals surface area (Å²) in [5.41, 5.74) is 2.32. The van der Waals surface area contributed by atoms with Gasteiger partial charge in [0.05, 0.1) is 12.7 Å². The van der Waals surface area contributed by atoms with Gasteiger partial charge in [-0.1, -0.05) is 26.0 Å². The summed E-state index contributed by atoms with van der Waals surface area (Å²) in [7, 11) is 0. The lowest BCUT2D eigenvalue weighted by Crippen LogP contribution is -2.18. The number of nitrogens with zero attached hydrogens (tertiary/aromatic N) is 2. The molecule has 0 amide bonds. The average molecular weight is 259 g/mol. The van der Waals surface area contributed by atoms with Crippen LogP contribution in [0.5, 0.6) is 5.75 Å². The molecule has 0 spiro atoms. The summed E-state index contributed by atoms with van der Waals surface area (Å²) in [6.45, 7) is 6.99. The van der Waals surface area contributed by atoms with E-state index in [9.17, 15) is 5.11 Å². The molecule has 4 heteroatoms. The van der Waals surface area contributed by atoms with E-state index in [4.69, 9.17) is 0 Å².